The van der Waals surface area contributed by atoms with E-state index >= 15 is 0 Å². The number of piperidine rings is 1. The molecule has 0 aliphatic carbocycles. The Morgan fingerprint density at radius 3 is 2.60 bits per heavy atom. The molecule has 0 saturated carbocycles. The molecular formula is C34H37ClN4O2S. The number of thioether (sulfide) groups is 1. The largest absolute Gasteiger partial charge is 0.380 e. The summed E-state index contributed by atoms with van der Waals surface area (Å²) in [5, 5.41) is 7.88. The lowest BCUT2D eigenvalue weighted by Gasteiger charge is -2.34. The zero-order chi connectivity index (χ0) is 29.2. The van der Waals surface area contributed by atoms with Crippen LogP contribution in [0.25, 0.3) is 22.0 Å². The summed E-state index contributed by atoms with van der Waals surface area (Å²) in [6.45, 7) is 6.02. The van der Waals surface area contributed by atoms with E-state index in [1.807, 2.05) is 36.0 Å². The van der Waals surface area contributed by atoms with Crippen molar-refractivity contribution >= 4 is 51.3 Å². The predicted molar refractivity (Wildman–Crippen MR) is 175 cm³/mol. The number of likely N-dealkylation sites (tertiary alicyclic amines) is 1. The molecular weight excluding hydrogens is 564 g/mol. The third-order valence-corrected chi connectivity index (χ3v) is 9.75. The highest BCUT2D eigenvalue weighted by Gasteiger charge is 2.30. The molecule has 0 amide bonds. The minimum atomic E-state index is 0.358. The lowest BCUT2D eigenvalue weighted by Crippen LogP contribution is -2.41. The number of aromatic nitrogens is 2. The van der Waals surface area contributed by atoms with Crippen LogP contribution in [0.4, 0.5) is 5.69 Å². The zero-order valence-corrected chi connectivity index (χ0v) is 26.0. The molecule has 8 heteroatoms. The fraction of sp³-hybridized carbons (Fsp3) is 0.382. The van der Waals surface area contributed by atoms with Gasteiger partial charge in [-0.15, -0.1) is 11.8 Å². The van der Waals surface area contributed by atoms with Gasteiger partial charge in [-0.3, -0.25) is 9.58 Å². The van der Waals surface area contributed by atoms with Crippen LogP contribution in [-0.2, 0) is 23.0 Å². The van der Waals surface area contributed by atoms with Crippen LogP contribution in [0.3, 0.4) is 0 Å². The second kappa shape index (κ2) is 12.7. The molecule has 0 N–H and O–H groups in total. The average Bonchev–Trinajstić information content (AvgIpc) is 3.66. The van der Waals surface area contributed by atoms with Gasteiger partial charge in [-0.2, -0.15) is 5.10 Å². The molecule has 6 nitrogen and oxygen atoms in total. The molecule has 1 atom stereocenters. The third kappa shape index (κ3) is 5.93. The molecule has 0 spiro atoms. The monoisotopic (exact) mass is 600 g/mol. The van der Waals surface area contributed by atoms with Gasteiger partial charge in [-0.05, 0) is 104 Å². The Labute approximate surface area is 257 Å². The third-order valence-electron chi connectivity index (χ3n) is 8.79. The minimum absolute atomic E-state index is 0.358. The van der Waals surface area contributed by atoms with Crippen LogP contribution in [-0.4, -0.2) is 64.6 Å². The Kier molecular flexibility index (Phi) is 8.82. The van der Waals surface area contributed by atoms with Crippen molar-refractivity contribution in [3.8, 4) is 11.1 Å². The number of aldehydes is 1. The number of fused-ring (bicyclic) bond motifs is 1. The number of carbonyl (C=O) groups is 1. The van der Waals surface area contributed by atoms with Gasteiger partial charge in [0.25, 0.3) is 0 Å². The van der Waals surface area contributed by atoms with Crippen molar-refractivity contribution < 1.29 is 9.53 Å². The molecule has 1 unspecified atom stereocenters. The maximum atomic E-state index is 11.5. The number of ether oxygens (including phenoxy) is 1. The first-order chi connectivity index (χ1) is 20.4. The van der Waals surface area contributed by atoms with Gasteiger partial charge in [-0.1, -0.05) is 29.8 Å². The second-order valence-corrected chi connectivity index (χ2v) is 12.6. The maximum absolute atomic E-state index is 11.5. The van der Waals surface area contributed by atoms with E-state index in [2.05, 4.69) is 48.4 Å². The molecule has 2 aliphatic heterocycles. The van der Waals surface area contributed by atoms with Gasteiger partial charge in [-0.25, -0.2) is 4.99 Å². The van der Waals surface area contributed by atoms with E-state index in [0.29, 0.717) is 23.4 Å². The van der Waals surface area contributed by atoms with Crippen molar-refractivity contribution in [1.82, 2.24) is 14.7 Å². The maximum Gasteiger partial charge on any atom is 0.124 e. The molecule has 2 saturated heterocycles. The van der Waals surface area contributed by atoms with Crippen LogP contribution in [0.2, 0.25) is 5.02 Å². The smallest absolute Gasteiger partial charge is 0.124 e. The summed E-state index contributed by atoms with van der Waals surface area (Å²) in [7, 11) is 2.04. The zero-order valence-electron chi connectivity index (χ0n) is 24.5. The van der Waals surface area contributed by atoms with Gasteiger partial charge < -0.3 is 9.53 Å². The van der Waals surface area contributed by atoms with Crippen LogP contribution in [0.5, 0.6) is 0 Å². The summed E-state index contributed by atoms with van der Waals surface area (Å²) in [5.74, 6) is 0.451. The van der Waals surface area contributed by atoms with E-state index in [0.717, 1.165) is 95.9 Å². The van der Waals surface area contributed by atoms with Gasteiger partial charge in [0.2, 0.25) is 0 Å². The number of hydrogen-bond donors (Lipinski definition) is 0. The Balaban J connectivity index is 1.33. The number of halogens is 1. The van der Waals surface area contributed by atoms with Crippen molar-refractivity contribution in [2.24, 2.45) is 12.0 Å². The highest BCUT2D eigenvalue weighted by Crippen LogP contribution is 2.36. The van der Waals surface area contributed by atoms with Crippen LogP contribution in [0.15, 0.2) is 59.6 Å². The lowest BCUT2D eigenvalue weighted by molar-refractivity contribution is -0.107. The molecule has 3 aromatic carbocycles. The molecule has 218 valence electrons. The van der Waals surface area contributed by atoms with Crippen LogP contribution >= 0.6 is 23.4 Å². The Morgan fingerprint density at radius 1 is 1.12 bits per heavy atom. The molecule has 2 aliphatic rings. The van der Waals surface area contributed by atoms with Gasteiger partial charge in [0, 0.05) is 48.0 Å². The minimum Gasteiger partial charge on any atom is -0.380 e. The Morgan fingerprint density at radius 2 is 1.90 bits per heavy atom. The number of carbonyl (C=O) groups excluding carboxylic acids is 1. The summed E-state index contributed by atoms with van der Waals surface area (Å²) >= 11 is 7.81. The number of hydrogen-bond acceptors (Lipinski definition) is 6. The summed E-state index contributed by atoms with van der Waals surface area (Å²) in [6.07, 6.45) is 6.79. The van der Waals surface area contributed by atoms with Gasteiger partial charge in [0.1, 0.15) is 11.3 Å². The SMILES string of the molecule is CSC(=Nc1cc(C)c(CC=O)c(-c2ccc(Cl)cc2)c1)c1ccc2c(c1)c(C1CCN(C3CCOC3)CC1)nn2C. The molecule has 0 radical (unpaired) electrons. The summed E-state index contributed by atoms with van der Waals surface area (Å²) < 4.78 is 7.66. The average molecular weight is 601 g/mol. The Hall–Kier alpha value is -2.97. The van der Waals surface area contributed by atoms with Crippen molar-refractivity contribution in [2.45, 2.75) is 44.6 Å². The predicted octanol–water partition coefficient (Wildman–Crippen LogP) is 7.35. The molecule has 6 rings (SSSR count). The van der Waals surface area contributed by atoms with E-state index in [-0.39, 0.29) is 0 Å². The van der Waals surface area contributed by atoms with Crippen molar-refractivity contribution in [1.29, 1.82) is 0 Å². The van der Waals surface area contributed by atoms with E-state index in [4.69, 9.17) is 26.4 Å². The topological polar surface area (TPSA) is 59.7 Å². The second-order valence-electron chi connectivity index (χ2n) is 11.4. The molecule has 42 heavy (non-hydrogen) atoms. The van der Waals surface area contributed by atoms with Crippen molar-refractivity contribution in [3.05, 3.63) is 82.0 Å². The van der Waals surface area contributed by atoms with Crippen LogP contribution < -0.4 is 0 Å². The highest BCUT2D eigenvalue weighted by atomic mass is 35.5. The van der Waals surface area contributed by atoms with E-state index in [1.165, 1.54) is 11.1 Å². The normalized spacial score (nSPS) is 18.7. The standard InChI is InChI=1S/C34H37ClN4O2S/c1-22-18-27(20-30(29(22)12-16-40)23-4-7-26(35)8-5-23)36-34(42-3)25-6-9-32-31(19-25)33(37-38(32)2)24-10-14-39(15-11-24)28-13-17-41-21-28/h4-9,16,18-20,24,28H,10-15,17,21H2,1-3H3. The lowest BCUT2D eigenvalue weighted by atomic mass is 9.90. The first-order valence-corrected chi connectivity index (χ1v) is 16.3. The summed E-state index contributed by atoms with van der Waals surface area (Å²) in [6, 6.07) is 19.1. The van der Waals surface area contributed by atoms with E-state index < -0.39 is 0 Å². The van der Waals surface area contributed by atoms with Crippen molar-refractivity contribution in [2.75, 3.05) is 32.6 Å². The molecule has 3 heterocycles. The Bertz CT molecular complexity index is 1620. The van der Waals surface area contributed by atoms with Gasteiger partial charge in [0.05, 0.1) is 23.5 Å². The molecule has 0 bridgehead atoms. The quantitative estimate of drug-likeness (QED) is 0.126. The van der Waals surface area contributed by atoms with Gasteiger partial charge >= 0.3 is 0 Å². The number of aryl methyl sites for hydroxylation is 2. The fourth-order valence-electron chi connectivity index (χ4n) is 6.52. The summed E-state index contributed by atoms with van der Waals surface area (Å²) in [5.41, 5.74) is 8.42. The molecule has 1 aromatic heterocycles. The van der Waals surface area contributed by atoms with Gasteiger partial charge in [0.15, 0.2) is 0 Å². The first kappa shape index (κ1) is 29.1. The molecule has 2 fully saturated rings. The van der Waals surface area contributed by atoms with E-state index in [9.17, 15) is 4.79 Å². The first-order valence-electron chi connectivity index (χ1n) is 14.7. The summed E-state index contributed by atoms with van der Waals surface area (Å²) in [4.78, 5) is 19.3. The number of aliphatic imine (C=N–C) groups is 1. The van der Waals surface area contributed by atoms with Crippen LogP contribution in [0.1, 0.15) is 47.6 Å². The highest BCUT2D eigenvalue weighted by molar-refractivity contribution is 8.13. The number of benzene rings is 3. The number of rotatable bonds is 7. The molecule has 4 aromatic rings. The van der Waals surface area contributed by atoms with Crippen molar-refractivity contribution in [3.63, 3.8) is 0 Å². The van der Waals surface area contributed by atoms with Crippen LogP contribution in [0, 0.1) is 6.92 Å². The van der Waals surface area contributed by atoms with E-state index in [1.54, 1.807) is 11.8 Å². The fourth-order valence-corrected chi connectivity index (χ4v) is 7.21. The number of nitrogens with zero attached hydrogens (tertiary/aromatic N) is 4.